The Balaban J connectivity index is 1.69. The molecule has 2 aromatic carbocycles. The highest BCUT2D eigenvalue weighted by molar-refractivity contribution is 7.54. The largest absolute Gasteiger partial charge is 0.591 e. The highest BCUT2D eigenvalue weighted by atomic mass is 31.2. The minimum atomic E-state index is -3.79. The van der Waals surface area contributed by atoms with Crippen molar-refractivity contribution in [3.63, 3.8) is 0 Å². The third-order valence-corrected chi connectivity index (χ3v) is 7.08. The van der Waals surface area contributed by atoms with Gasteiger partial charge in [-0.3, -0.25) is 9.05 Å². The first-order valence-corrected chi connectivity index (χ1v) is 11.3. The van der Waals surface area contributed by atoms with Crippen LogP contribution in [0.25, 0.3) is 11.1 Å². The van der Waals surface area contributed by atoms with Crippen LogP contribution in [0, 0.1) is 17.8 Å². The predicted octanol–water partition coefficient (Wildman–Crippen LogP) is 5.64. The standard InChI is InChI=1S/C22H27O4P/c1-15(2)17-13-12-16(3)14-22(17)26-27(23)24-20-10-6-4-8-18(20)19-9-5-7-11-21(19)25-27/h4-11,15-17,22H,12-14H2,1-3H3/t16-,17+,22-/m1/s1. The molecule has 0 radical (unpaired) electrons. The third-order valence-electron chi connectivity index (χ3n) is 5.71. The lowest BCUT2D eigenvalue weighted by Crippen LogP contribution is -2.37. The van der Waals surface area contributed by atoms with Crippen LogP contribution >= 0.6 is 8.17 Å². The smallest absolute Gasteiger partial charge is 0.473 e. The van der Waals surface area contributed by atoms with Gasteiger partial charge >= 0.3 is 8.17 Å². The summed E-state index contributed by atoms with van der Waals surface area (Å²) in [7, 11) is -3.79. The van der Waals surface area contributed by atoms with Crippen LogP contribution < -0.4 is 13.9 Å². The summed E-state index contributed by atoms with van der Waals surface area (Å²) in [5.74, 6) is 2.43. The fraction of sp³-hybridized carbons (Fsp3) is 0.455. The van der Waals surface area contributed by atoms with E-state index in [0.717, 1.165) is 24.0 Å². The summed E-state index contributed by atoms with van der Waals surface area (Å²) in [5.41, 5.74) is 1.73. The maximum atomic E-state index is 13.7. The summed E-state index contributed by atoms with van der Waals surface area (Å²) < 4.78 is 18.0. The van der Waals surface area contributed by atoms with Crippen LogP contribution in [0.2, 0.25) is 0 Å². The Bertz CT molecular complexity index is 759. The summed E-state index contributed by atoms with van der Waals surface area (Å²) >= 11 is 0. The number of rotatable bonds is 3. The molecule has 1 fully saturated rings. The lowest BCUT2D eigenvalue weighted by molar-refractivity contribution is -0.238. The number of phosphoric acid groups is 1. The SMILES string of the molecule is CC(C)[C@@H]1CC[C@@H](C)C[C@H]1O[P+]1([O-])Oc2ccccc2-c2ccccc2O1. The molecule has 27 heavy (non-hydrogen) atoms. The fourth-order valence-corrected chi connectivity index (χ4v) is 5.74. The van der Waals surface area contributed by atoms with Gasteiger partial charge in [-0.25, -0.2) is 0 Å². The molecule has 1 aliphatic heterocycles. The van der Waals surface area contributed by atoms with E-state index in [-0.39, 0.29) is 6.10 Å². The monoisotopic (exact) mass is 386 g/mol. The van der Waals surface area contributed by atoms with Gasteiger partial charge < -0.3 is 4.89 Å². The Labute approximate surface area is 162 Å². The zero-order valence-corrected chi connectivity index (χ0v) is 17.0. The van der Waals surface area contributed by atoms with Crippen LogP contribution in [0.3, 0.4) is 0 Å². The van der Waals surface area contributed by atoms with Crippen LogP contribution in [0.15, 0.2) is 48.5 Å². The molecule has 0 aromatic heterocycles. The van der Waals surface area contributed by atoms with Gasteiger partial charge in [0.05, 0.1) is 0 Å². The van der Waals surface area contributed by atoms with E-state index in [1.165, 1.54) is 6.42 Å². The number of hydrogen-bond acceptors (Lipinski definition) is 4. The molecule has 4 rings (SSSR count). The lowest BCUT2D eigenvalue weighted by atomic mass is 9.75. The molecule has 1 aliphatic carbocycles. The fourth-order valence-electron chi connectivity index (χ4n) is 4.24. The molecule has 0 bridgehead atoms. The molecule has 0 spiro atoms. The molecule has 1 heterocycles. The lowest BCUT2D eigenvalue weighted by Gasteiger charge is -2.38. The van der Waals surface area contributed by atoms with Crippen LogP contribution in [0.1, 0.15) is 40.0 Å². The summed E-state index contributed by atoms with van der Waals surface area (Å²) in [6, 6.07) is 15.2. The number of para-hydroxylation sites is 2. The highest BCUT2D eigenvalue weighted by Crippen LogP contribution is 2.61. The maximum absolute atomic E-state index is 13.7. The van der Waals surface area contributed by atoms with Gasteiger partial charge in [0.15, 0.2) is 11.5 Å². The summed E-state index contributed by atoms with van der Waals surface area (Å²) in [6.07, 6.45) is 3.01. The quantitative estimate of drug-likeness (QED) is 0.641. The first-order valence-electron chi connectivity index (χ1n) is 9.81. The maximum Gasteiger partial charge on any atom is 0.473 e. The Kier molecular flexibility index (Phi) is 5.15. The average molecular weight is 386 g/mol. The van der Waals surface area contributed by atoms with Crippen molar-refractivity contribution in [3.05, 3.63) is 48.5 Å². The van der Waals surface area contributed by atoms with Crippen molar-refractivity contribution < 1.29 is 18.5 Å². The van der Waals surface area contributed by atoms with Gasteiger partial charge in [0.25, 0.3) is 0 Å². The minimum Gasteiger partial charge on any atom is -0.591 e. The molecular formula is C22H27O4P. The topological polar surface area (TPSA) is 50.8 Å². The average Bonchev–Trinajstić information content (AvgIpc) is 2.74. The van der Waals surface area contributed by atoms with Crippen molar-refractivity contribution in [2.45, 2.75) is 46.1 Å². The van der Waals surface area contributed by atoms with Gasteiger partial charge in [-0.15, -0.1) is 0 Å². The van der Waals surface area contributed by atoms with Gasteiger partial charge in [-0.05, 0) is 42.7 Å². The first kappa shape index (κ1) is 18.7. The highest BCUT2D eigenvalue weighted by Gasteiger charge is 2.46. The van der Waals surface area contributed by atoms with Crippen molar-refractivity contribution in [3.8, 4) is 22.6 Å². The Morgan fingerprint density at radius 2 is 1.52 bits per heavy atom. The molecule has 5 heteroatoms. The zero-order valence-electron chi connectivity index (χ0n) is 16.1. The number of hydrogen-bond donors (Lipinski definition) is 0. The number of benzene rings is 2. The van der Waals surface area contributed by atoms with Gasteiger partial charge in [0.1, 0.15) is 6.10 Å². The molecule has 0 N–H and O–H groups in total. The molecular weight excluding hydrogens is 359 g/mol. The van der Waals surface area contributed by atoms with E-state index in [1.54, 1.807) is 0 Å². The van der Waals surface area contributed by atoms with E-state index in [2.05, 4.69) is 20.8 Å². The first-order chi connectivity index (χ1) is 13.0. The molecule has 0 unspecified atom stereocenters. The Hall–Kier alpha value is -1.61. The molecule has 3 atom stereocenters. The number of fused-ring (bicyclic) bond motifs is 3. The van der Waals surface area contributed by atoms with E-state index in [9.17, 15) is 4.89 Å². The van der Waals surface area contributed by atoms with E-state index in [1.807, 2.05) is 48.5 Å². The second-order valence-electron chi connectivity index (χ2n) is 8.09. The van der Waals surface area contributed by atoms with Crippen molar-refractivity contribution in [2.75, 3.05) is 0 Å². The third kappa shape index (κ3) is 3.85. The molecule has 0 amide bonds. The molecule has 144 valence electrons. The van der Waals surface area contributed by atoms with Crippen molar-refractivity contribution >= 4 is 8.17 Å². The van der Waals surface area contributed by atoms with Gasteiger partial charge in [-0.1, -0.05) is 63.6 Å². The summed E-state index contributed by atoms with van der Waals surface area (Å²) in [6.45, 7) is 6.63. The van der Waals surface area contributed by atoms with Crippen LogP contribution in [-0.4, -0.2) is 6.10 Å². The van der Waals surface area contributed by atoms with Gasteiger partial charge in [0, 0.05) is 11.1 Å². The summed E-state index contributed by atoms with van der Waals surface area (Å²) in [4.78, 5) is 13.7. The second kappa shape index (κ2) is 7.43. The van der Waals surface area contributed by atoms with Gasteiger partial charge in [-0.2, -0.15) is 4.52 Å². The Morgan fingerprint density at radius 3 is 2.07 bits per heavy atom. The number of phosphoric ester groups is 1. The zero-order chi connectivity index (χ0) is 19.0. The van der Waals surface area contributed by atoms with E-state index in [4.69, 9.17) is 13.6 Å². The van der Waals surface area contributed by atoms with Crippen molar-refractivity contribution in [2.24, 2.45) is 17.8 Å². The van der Waals surface area contributed by atoms with Gasteiger partial charge in [0.2, 0.25) is 0 Å². The molecule has 2 aliphatic rings. The Morgan fingerprint density at radius 1 is 0.963 bits per heavy atom. The predicted molar refractivity (Wildman–Crippen MR) is 106 cm³/mol. The van der Waals surface area contributed by atoms with E-state index in [0.29, 0.717) is 29.3 Å². The molecule has 1 saturated carbocycles. The molecule has 2 aromatic rings. The minimum absolute atomic E-state index is 0.128. The van der Waals surface area contributed by atoms with Crippen LogP contribution in [-0.2, 0) is 4.52 Å². The van der Waals surface area contributed by atoms with Crippen molar-refractivity contribution in [1.82, 2.24) is 0 Å². The van der Waals surface area contributed by atoms with Crippen molar-refractivity contribution in [1.29, 1.82) is 0 Å². The molecule has 4 nitrogen and oxygen atoms in total. The van der Waals surface area contributed by atoms with E-state index >= 15 is 0 Å². The summed E-state index contributed by atoms with van der Waals surface area (Å²) in [5, 5.41) is 0. The van der Waals surface area contributed by atoms with Crippen LogP contribution in [0.4, 0.5) is 0 Å². The van der Waals surface area contributed by atoms with E-state index < -0.39 is 8.17 Å². The normalized spacial score (nSPS) is 26.3. The molecule has 0 saturated heterocycles. The van der Waals surface area contributed by atoms with Crippen LogP contribution in [0.5, 0.6) is 11.5 Å². The second-order valence-corrected chi connectivity index (χ2v) is 9.56.